The molecule has 0 radical (unpaired) electrons. The van der Waals surface area contributed by atoms with Crippen LogP contribution in [0.15, 0.2) is 11.6 Å². The molecule has 3 nitrogen and oxygen atoms in total. The lowest BCUT2D eigenvalue weighted by Gasteiger charge is -2.38. The van der Waals surface area contributed by atoms with Crippen molar-refractivity contribution in [3.8, 4) is 0 Å². The Morgan fingerprint density at radius 2 is 1.72 bits per heavy atom. The lowest BCUT2D eigenvalue weighted by molar-refractivity contribution is -0.187. The van der Waals surface area contributed by atoms with Gasteiger partial charge in [-0.2, -0.15) is 0 Å². The van der Waals surface area contributed by atoms with Gasteiger partial charge in [-0.05, 0) is 40.0 Å². The molecular formula is C15H28O3. The maximum atomic E-state index is 12.4. The lowest BCUT2D eigenvalue weighted by Crippen LogP contribution is -2.41. The van der Waals surface area contributed by atoms with Crippen molar-refractivity contribution >= 4 is 5.97 Å². The van der Waals surface area contributed by atoms with E-state index in [9.17, 15) is 4.79 Å². The predicted molar refractivity (Wildman–Crippen MR) is 74.2 cm³/mol. The molecule has 0 rings (SSSR count). The number of allylic oxidation sites excluding steroid dienone is 1. The van der Waals surface area contributed by atoms with Crippen LogP contribution in [0.2, 0.25) is 0 Å². The quantitative estimate of drug-likeness (QED) is 0.425. The summed E-state index contributed by atoms with van der Waals surface area (Å²) in [5.41, 5.74) is 0.234. The van der Waals surface area contributed by atoms with Crippen LogP contribution in [-0.2, 0) is 14.3 Å². The SMILES string of the molecule is CCOC(C)OC(=O)C(C)(C=C(C)C)C(C)(C)C. The highest BCUT2D eigenvalue weighted by Crippen LogP contribution is 2.41. The van der Waals surface area contributed by atoms with Crippen molar-refractivity contribution in [2.24, 2.45) is 10.8 Å². The van der Waals surface area contributed by atoms with Crippen molar-refractivity contribution in [3.63, 3.8) is 0 Å². The molecule has 0 aromatic rings. The van der Waals surface area contributed by atoms with E-state index in [1.807, 2.05) is 54.5 Å². The summed E-state index contributed by atoms with van der Waals surface area (Å²) >= 11 is 0. The standard InChI is InChI=1S/C15H28O3/c1-9-17-12(4)18-13(16)15(8,10-11(2)3)14(5,6)7/h10,12H,9H2,1-8H3. The second-order valence-corrected chi connectivity index (χ2v) is 6.10. The van der Waals surface area contributed by atoms with E-state index in [2.05, 4.69) is 0 Å². The maximum absolute atomic E-state index is 12.4. The van der Waals surface area contributed by atoms with Crippen LogP contribution < -0.4 is 0 Å². The van der Waals surface area contributed by atoms with Gasteiger partial charge < -0.3 is 9.47 Å². The predicted octanol–water partition coefficient (Wildman–Crippen LogP) is 3.93. The fraction of sp³-hybridized carbons (Fsp3) is 0.800. The monoisotopic (exact) mass is 256 g/mol. The number of rotatable bonds is 5. The minimum Gasteiger partial charge on any atom is -0.435 e. The second kappa shape index (κ2) is 6.37. The zero-order valence-electron chi connectivity index (χ0n) is 13.1. The third-order valence-electron chi connectivity index (χ3n) is 3.23. The van der Waals surface area contributed by atoms with Crippen LogP contribution in [0.5, 0.6) is 0 Å². The molecule has 0 N–H and O–H groups in total. The fourth-order valence-corrected chi connectivity index (χ4v) is 1.70. The second-order valence-electron chi connectivity index (χ2n) is 6.10. The largest absolute Gasteiger partial charge is 0.435 e. The van der Waals surface area contributed by atoms with E-state index in [-0.39, 0.29) is 11.4 Å². The Morgan fingerprint density at radius 1 is 1.22 bits per heavy atom. The Hall–Kier alpha value is -0.830. The normalized spacial score (nSPS) is 16.7. The molecule has 0 heterocycles. The van der Waals surface area contributed by atoms with Gasteiger partial charge in [-0.3, -0.25) is 4.79 Å². The van der Waals surface area contributed by atoms with Gasteiger partial charge in [-0.1, -0.05) is 32.4 Å². The van der Waals surface area contributed by atoms with Gasteiger partial charge in [0.05, 0.1) is 5.41 Å². The van der Waals surface area contributed by atoms with Crippen molar-refractivity contribution in [2.45, 2.75) is 61.7 Å². The van der Waals surface area contributed by atoms with E-state index in [0.29, 0.717) is 6.61 Å². The maximum Gasteiger partial charge on any atom is 0.318 e. The average molecular weight is 256 g/mol. The van der Waals surface area contributed by atoms with Gasteiger partial charge in [0.25, 0.3) is 0 Å². The first kappa shape index (κ1) is 17.2. The summed E-state index contributed by atoms with van der Waals surface area (Å²) in [4.78, 5) is 12.4. The van der Waals surface area contributed by atoms with E-state index in [1.54, 1.807) is 6.92 Å². The van der Waals surface area contributed by atoms with Gasteiger partial charge in [-0.15, -0.1) is 0 Å². The van der Waals surface area contributed by atoms with E-state index < -0.39 is 11.7 Å². The highest BCUT2D eigenvalue weighted by atomic mass is 16.7. The van der Waals surface area contributed by atoms with Crippen LogP contribution in [-0.4, -0.2) is 18.9 Å². The first-order chi connectivity index (χ1) is 8.04. The molecule has 0 bridgehead atoms. The summed E-state index contributed by atoms with van der Waals surface area (Å²) in [5.74, 6) is -0.239. The van der Waals surface area contributed by atoms with Crippen molar-refractivity contribution < 1.29 is 14.3 Å². The Balaban J connectivity index is 5.12. The molecule has 106 valence electrons. The molecule has 0 fully saturated rings. The summed E-state index contributed by atoms with van der Waals surface area (Å²) < 4.78 is 10.6. The molecule has 0 aromatic carbocycles. The number of carbonyl (C=O) groups is 1. The van der Waals surface area contributed by atoms with E-state index in [1.165, 1.54) is 0 Å². The summed E-state index contributed by atoms with van der Waals surface area (Å²) in [6.07, 6.45) is 1.48. The highest BCUT2D eigenvalue weighted by molar-refractivity contribution is 5.80. The van der Waals surface area contributed by atoms with Gasteiger partial charge in [0, 0.05) is 6.61 Å². The van der Waals surface area contributed by atoms with Gasteiger partial charge >= 0.3 is 5.97 Å². The van der Waals surface area contributed by atoms with Crippen LogP contribution in [0.1, 0.15) is 55.4 Å². The molecule has 0 amide bonds. The molecule has 0 aromatic heterocycles. The molecule has 0 aliphatic rings. The summed E-state index contributed by atoms with van der Waals surface area (Å²) in [5, 5.41) is 0. The molecule has 18 heavy (non-hydrogen) atoms. The van der Waals surface area contributed by atoms with Crippen LogP contribution >= 0.6 is 0 Å². The molecule has 0 aliphatic carbocycles. The topological polar surface area (TPSA) is 35.5 Å². The molecule has 0 saturated heterocycles. The zero-order valence-corrected chi connectivity index (χ0v) is 13.1. The number of esters is 1. The Labute approximate surface area is 112 Å². The van der Waals surface area contributed by atoms with E-state index in [4.69, 9.17) is 9.47 Å². The first-order valence-corrected chi connectivity index (χ1v) is 6.53. The third-order valence-corrected chi connectivity index (χ3v) is 3.23. The average Bonchev–Trinajstić information content (AvgIpc) is 2.14. The lowest BCUT2D eigenvalue weighted by atomic mass is 9.67. The summed E-state index contributed by atoms with van der Waals surface area (Å²) in [7, 11) is 0. The van der Waals surface area contributed by atoms with Crippen LogP contribution in [0, 0.1) is 10.8 Å². The summed E-state index contributed by atoms with van der Waals surface area (Å²) in [6, 6.07) is 0. The molecular weight excluding hydrogens is 228 g/mol. The van der Waals surface area contributed by atoms with Crippen molar-refractivity contribution in [1.29, 1.82) is 0 Å². The van der Waals surface area contributed by atoms with E-state index >= 15 is 0 Å². The first-order valence-electron chi connectivity index (χ1n) is 6.53. The number of hydrogen-bond donors (Lipinski definition) is 0. The minimum atomic E-state index is -0.656. The van der Waals surface area contributed by atoms with Gasteiger partial charge in [0.2, 0.25) is 0 Å². The zero-order chi connectivity index (χ0) is 14.6. The van der Waals surface area contributed by atoms with Crippen LogP contribution in [0.3, 0.4) is 0 Å². The van der Waals surface area contributed by atoms with Crippen LogP contribution in [0.25, 0.3) is 0 Å². The Bertz CT molecular complexity index is 308. The van der Waals surface area contributed by atoms with Gasteiger partial charge in [0.15, 0.2) is 6.29 Å². The Kier molecular flexibility index (Phi) is 6.08. The third kappa shape index (κ3) is 4.45. The van der Waals surface area contributed by atoms with Gasteiger partial charge in [-0.25, -0.2) is 0 Å². The van der Waals surface area contributed by atoms with Crippen molar-refractivity contribution in [3.05, 3.63) is 11.6 Å². The molecule has 2 unspecified atom stereocenters. The Morgan fingerprint density at radius 3 is 2.06 bits per heavy atom. The number of hydrogen-bond acceptors (Lipinski definition) is 3. The fourth-order valence-electron chi connectivity index (χ4n) is 1.70. The van der Waals surface area contributed by atoms with E-state index in [0.717, 1.165) is 5.57 Å². The molecule has 0 spiro atoms. The highest BCUT2D eigenvalue weighted by Gasteiger charge is 2.44. The molecule has 0 aliphatic heterocycles. The smallest absolute Gasteiger partial charge is 0.318 e. The molecule has 0 saturated carbocycles. The number of carbonyl (C=O) groups excluding carboxylic acids is 1. The minimum absolute atomic E-state index is 0.215. The van der Waals surface area contributed by atoms with Crippen molar-refractivity contribution in [1.82, 2.24) is 0 Å². The van der Waals surface area contributed by atoms with Gasteiger partial charge in [0.1, 0.15) is 0 Å². The van der Waals surface area contributed by atoms with Crippen molar-refractivity contribution in [2.75, 3.05) is 6.61 Å². The molecule has 2 atom stereocenters. The number of ether oxygens (including phenoxy) is 2. The summed E-state index contributed by atoms with van der Waals surface area (Å²) in [6.45, 7) is 16.2. The van der Waals surface area contributed by atoms with Crippen LogP contribution in [0.4, 0.5) is 0 Å². The molecule has 3 heteroatoms.